The highest BCUT2D eigenvalue weighted by molar-refractivity contribution is 5.89. The minimum atomic E-state index is -0.123. The zero-order chi connectivity index (χ0) is 15.2. The van der Waals surface area contributed by atoms with E-state index in [0.29, 0.717) is 5.92 Å². The molecule has 0 aromatic heterocycles. The van der Waals surface area contributed by atoms with Crippen LogP contribution in [0.4, 0.5) is 10.5 Å². The molecule has 1 aromatic rings. The fraction of sp³-hybridized carbons (Fsp3) is 0.588. The molecule has 0 radical (unpaired) electrons. The number of rotatable bonds is 4. The van der Waals surface area contributed by atoms with Gasteiger partial charge in [-0.2, -0.15) is 0 Å². The minimum absolute atomic E-state index is 0.0153. The van der Waals surface area contributed by atoms with Gasteiger partial charge < -0.3 is 16.4 Å². The molecular formula is C17H27N3O. The Labute approximate surface area is 127 Å². The number of nitrogens with one attached hydrogen (secondary N) is 2. The number of carbonyl (C=O) groups is 1. The van der Waals surface area contributed by atoms with Gasteiger partial charge in [-0.3, -0.25) is 0 Å². The summed E-state index contributed by atoms with van der Waals surface area (Å²) in [7, 11) is 0. The van der Waals surface area contributed by atoms with E-state index in [4.69, 9.17) is 5.73 Å². The van der Waals surface area contributed by atoms with Crippen molar-refractivity contribution in [3.63, 3.8) is 0 Å². The van der Waals surface area contributed by atoms with E-state index in [-0.39, 0.29) is 12.1 Å². The average molecular weight is 289 g/mol. The molecule has 1 unspecified atom stereocenters. The summed E-state index contributed by atoms with van der Waals surface area (Å²) in [6, 6.07) is 7.57. The van der Waals surface area contributed by atoms with Crippen LogP contribution in [0.3, 0.4) is 0 Å². The van der Waals surface area contributed by atoms with Gasteiger partial charge >= 0.3 is 6.03 Å². The highest BCUT2D eigenvalue weighted by atomic mass is 16.2. The van der Waals surface area contributed by atoms with Crippen LogP contribution in [0.1, 0.15) is 51.1 Å². The van der Waals surface area contributed by atoms with E-state index in [1.54, 1.807) is 0 Å². The van der Waals surface area contributed by atoms with Gasteiger partial charge in [0.05, 0.1) is 0 Å². The molecule has 1 saturated carbocycles. The Bertz CT molecular complexity index is 448. The van der Waals surface area contributed by atoms with Crippen LogP contribution >= 0.6 is 0 Å². The Morgan fingerprint density at radius 2 is 1.86 bits per heavy atom. The van der Waals surface area contributed by atoms with Gasteiger partial charge in [0, 0.05) is 18.3 Å². The van der Waals surface area contributed by atoms with Gasteiger partial charge in [-0.05, 0) is 49.3 Å². The van der Waals surface area contributed by atoms with Crippen molar-refractivity contribution < 1.29 is 4.79 Å². The molecular weight excluding hydrogens is 262 g/mol. The first kappa shape index (κ1) is 15.8. The maximum Gasteiger partial charge on any atom is 0.319 e. The van der Waals surface area contributed by atoms with Gasteiger partial charge in [-0.1, -0.05) is 31.9 Å². The Kier molecular flexibility index (Phi) is 5.62. The average Bonchev–Trinajstić information content (AvgIpc) is 2.47. The second kappa shape index (κ2) is 7.46. The number of anilines is 1. The Morgan fingerprint density at radius 1 is 1.24 bits per heavy atom. The predicted octanol–water partition coefficient (Wildman–Crippen LogP) is 3.65. The molecule has 4 nitrogen and oxygen atoms in total. The van der Waals surface area contributed by atoms with Crippen LogP contribution in [0.25, 0.3) is 0 Å². The summed E-state index contributed by atoms with van der Waals surface area (Å²) in [6.07, 6.45) is 5.02. The van der Waals surface area contributed by atoms with Crippen LogP contribution in [0.2, 0.25) is 0 Å². The van der Waals surface area contributed by atoms with E-state index >= 15 is 0 Å². The summed E-state index contributed by atoms with van der Waals surface area (Å²) in [6.45, 7) is 5.03. The smallest absolute Gasteiger partial charge is 0.319 e. The van der Waals surface area contributed by atoms with E-state index < -0.39 is 0 Å². The molecule has 1 aliphatic rings. The lowest BCUT2D eigenvalue weighted by atomic mass is 9.83. The van der Waals surface area contributed by atoms with Gasteiger partial charge in [0.15, 0.2) is 0 Å². The minimum Gasteiger partial charge on any atom is -0.338 e. The molecule has 1 atom stereocenters. The Morgan fingerprint density at radius 3 is 2.43 bits per heavy atom. The molecule has 4 N–H and O–H groups in total. The van der Waals surface area contributed by atoms with Crippen molar-refractivity contribution in [3.05, 3.63) is 29.8 Å². The molecule has 116 valence electrons. The van der Waals surface area contributed by atoms with Crippen LogP contribution in [0.15, 0.2) is 24.3 Å². The molecule has 0 bridgehead atoms. The summed E-state index contributed by atoms with van der Waals surface area (Å²) in [5, 5.41) is 5.84. The van der Waals surface area contributed by atoms with Gasteiger partial charge in [0.1, 0.15) is 0 Å². The third-order valence-electron chi connectivity index (χ3n) is 4.38. The monoisotopic (exact) mass is 289 g/mol. The molecule has 4 heteroatoms. The van der Waals surface area contributed by atoms with Crippen molar-refractivity contribution >= 4 is 11.7 Å². The fourth-order valence-electron chi connectivity index (χ4n) is 2.82. The highest BCUT2D eigenvalue weighted by Crippen LogP contribution is 2.27. The molecule has 1 aliphatic carbocycles. The van der Waals surface area contributed by atoms with E-state index in [1.165, 1.54) is 25.7 Å². The zero-order valence-electron chi connectivity index (χ0n) is 13.1. The van der Waals surface area contributed by atoms with Crippen LogP contribution < -0.4 is 16.4 Å². The van der Waals surface area contributed by atoms with Crippen LogP contribution in [-0.2, 0) is 0 Å². The highest BCUT2D eigenvalue weighted by Gasteiger charge is 2.18. The van der Waals surface area contributed by atoms with Crippen LogP contribution in [0.5, 0.6) is 0 Å². The maximum atomic E-state index is 11.9. The maximum absolute atomic E-state index is 11.9. The molecule has 1 fully saturated rings. The van der Waals surface area contributed by atoms with Crippen molar-refractivity contribution in [3.8, 4) is 0 Å². The lowest BCUT2D eigenvalue weighted by Gasteiger charge is -2.26. The first-order valence-corrected chi connectivity index (χ1v) is 7.95. The number of amides is 2. The summed E-state index contributed by atoms with van der Waals surface area (Å²) < 4.78 is 0. The first-order valence-electron chi connectivity index (χ1n) is 7.95. The second-order valence-electron chi connectivity index (χ2n) is 6.37. The number of nitrogens with two attached hydrogens (primary N) is 1. The molecule has 0 aliphatic heterocycles. The van der Waals surface area contributed by atoms with E-state index in [2.05, 4.69) is 17.6 Å². The van der Waals surface area contributed by atoms with Crippen molar-refractivity contribution in [1.29, 1.82) is 0 Å². The SMILES string of the molecule is CC1CCC(CNC(=O)Nc2ccc(C(C)N)cc2)CC1. The zero-order valence-corrected chi connectivity index (χ0v) is 13.1. The van der Waals surface area contributed by atoms with Gasteiger partial charge in [-0.25, -0.2) is 4.79 Å². The molecule has 2 amide bonds. The molecule has 0 heterocycles. The second-order valence-corrected chi connectivity index (χ2v) is 6.37. The number of carbonyl (C=O) groups excluding carboxylic acids is 1. The van der Waals surface area contributed by atoms with Crippen molar-refractivity contribution in [1.82, 2.24) is 5.32 Å². The summed E-state index contributed by atoms with van der Waals surface area (Å²) in [4.78, 5) is 11.9. The van der Waals surface area contributed by atoms with Crippen LogP contribution in [-0.4, -0.2) is 12.6 Å². The summed E-state index contributed by atoms with van der Waals surface area (Å²) >= 11 is 0. The lowest BCUT2D eigenvalue weighted by Crippen LogP contribution is -2.34. The molecule has 0 spiro atoms. The molecule has 2 rings (SSSR count). The predicted molar refractivity (Wildman–Crippen MR) is 87.2 cm³/mol. The summed E-state index contributed by atoms with van der Waals surface area (Å²) in [5.41, 5.74) is 7.67. The van der Waals surface area contributed by atoms with Crippen molar-refractivity contribution in [2.45, 2.75) is 45.6 Å². The third-order valence-corrected chi connectivity index (χ3v) is 4.38. The van der Waals surface area contributed by atoms with Crippen molar-refractivity contribution in [2.75, 3.05) is 11.9 Å². The normalized spacial score (nSPS) is 23.4. The first-order chi connectivity index (χ1) is 10.0. The fourth-order valence-corrected chi connectivity index (χ4v) is 2.82. The number of benzene rings is 1. The number of hydrogen-bond acceptors (Lipinski definition) is 2. The number of hydrogen-bond donors (Lipinski definition) is 3. The van der Waals surface area contributed by atoms with Gasteiger partial charge in [0.2, 0.25) is 0 Å². The number of urea groups is 1. The van der Waals surface area contributed by atoms with Crippen LogP contribution in [0, 0.1) is 11.8 Å². The topological polar surface area (TPSA) is 67.2 Å². The third kappa shape index (κ3) is 5.05. The standard InChI is InChI=1S/C17H27N3O/c1-12-3-5-14(6-4-12)11-19-17(21)20-16-9-7-15(8-10-16)13(2)18/h7-10,12-14H,3-6,11,18H2,1-2H3,(H2,19,20,21). The summed E-state index contributed by atoms with van der Waals surface area (Å²) in [5.74, 6) is 1.48. The van der Waals surface area contributed by atoms with E-state index in [1.807, 2.05) is 31.2 Å². The molecule has 21 heavy (non-hydrogen) atoms. The van der Waals surface area contributed by atoms with Gasteiger partial charge in [-0.15, -0.1) is 0 Å². The largest absolute Gasteiger partial charge is 0.338 e. The van der Waals surface area contributed by atoms with Gasteiger partial charge in [0.25, 0.3) is 0 Å². The molecule has 0 saturated heterocycles. The van der Waals surface area contributed by atoms with E-state index in [0.717, 1.165) is 23.7 Å². The molecule has 1 aromatic carbocycles. The van der Waals surface area contributed by atoms with E-state index in [9.17, 15) is 4.79 Å². The Hall–Kier alpha value is -1.55. The van der Waals surface area contributed by atoms with Crippen molar-refractivity contribution in [2.24, 2.45) is 17.6 Å². The lowest BCUT2D eigenvalue weighted by molar-refractivity contribution is 0.243. The Balaban J connectivity index is 1.74. The quantitative estimate of drug-likeness (QED) is 0.792.